The van der Waals surface area contributed by atoms with E-state index in [0.29, 0.717) is 0 Å². The van der Waals surface area contributed by atoms with E-state index < -0.39 is 0 Å². The number of unbranched alkanes of at least 4 members (excludes halogenated alkanes) is 2. The first-order chi connectivity index (χ1) is 10.4. The smallest absolute Gasteiger partial charge is 0.119 e. The van der Waals surface area contributed by atoms with Crippen LogP contribution in [-0.2, 0) is 0 Å². The largest absolute Gasteiger partial charge is 0.492 e. The molecule has 2 heteroatoms. The second kappa shape index (κ2) is 9.19. The Balaban J connectivity index is 1.71. The highest BCUT2D eigenvalue weighted by Crippen LogP contribution is 2.21. The highest BCUT2D eigenvalue weighted by molar-refractivity contribution is 5.63. The Labute approximate surface area is 128 Å². The fourth-order valence-electron chi connectivity index (χ4n) is 2.24. The number of ether oxygens (including phenoxy) is 1. The van der Waals surface area contributed by atoms with Gasteiger partial charge in [0, 0.05) is 6.54 Å². The number of hydrogen-bond acceptors (Lipinski definition) is 2. The quantitative estimate of drug-likeness (QED) is 0.684. The third kappa shape index (κ3) is 5.60. The van der Waals surface area contributed by atoms with Gasteiger partial charge in [-0.1, -0.05) is 62.2 Å². The molecule has 2 nitrogen and oxygen atoms in total. The molecule has 21 heavy (non-hydrogen) atoms. The predicted octanol–water partition coefficient (Wildman–Crippen LogP) is 4.51. The van der Waals surface area contributed by atoms with E-state index in [4.69, 9.17) is 4.74 Å². The molecule has 2 rings (SSSR count). The summed E-state index contributed by atoms with van der Waals surface area (Å²) in [4.78, 5) is 0. The average molecular weight is 283 g/mol. The summed E-state index contributed by atoms with van der Waals surface area (Å²) < 4.78 is 5.74. The molecular weight excluding hydrogens is 258 g/mol. The molecule has 0 spiro atoms. The van der Waals surface area contributed by atoms with Gasteiger partial charge in [0.05, 0.1) is 0 Å². The van der Waals surface area contributed by atoms with Crippen LogP contribution < -0.4 is 10.1 Å². The first-order valence-electron chi connectivity index (χ1n) is 7.89. The number of hydrogen-bond donors (Lipinski definition) is 1. The average Bonchev–Trinajstić information content (AvgIpc) is 2.55. The van der Waals surface area contributed by atoms with Gasteiger partial charge in [-0.15, -0.1) is 0 Å². The minimum absolute atomic E-state index is 0.719. The maximum Gasteiger partial charge on any atom is 0.119 e. The molecule has 0 radical (unpaired) electrons. The Morgan fingerprint density at radius 3 is 2.24 bits per heavy atom. The van der Waals surface area contributed by atoms with Gasteiger partial charge in [0.1, 0.15) is 12.4 Å². The van der Waals surface area contributed by atoms with Gasteiger partial charge in [0.25, 0.3) is 0 Å². The minimum Gasteiger partial charge on any atom is -0.492 e. The van der Waals surface area contributed by atoms with Gasteiger partial charge in [0.2, 0.25) is 0 Å². The van der Waals surface area contributed by atoms with Gasteiger partial charge >= 0.3 is 0 Å². The van der Waals surface area contributed by atoms with E-state index in [1.807, 2.05) is 18.2 Å². The van der Waals surface area contributed by atoms with Crippen LogP contribution in [0.15, 0.2) is 54.6 Å². The van der Waals surface area contributed by atoms with Crippen molar-refractivity contribution in [2.24, 2.45) is 0 Å². The van der Waals surface area contributed by atoms with Crippen LogP contribution >= 0.6 is 0 Å². The molecule has 0 atom stereocenters. The Hall–Kier alpha value is -1.80. The van der Waals surface area contributed by atoms with Crippen molar-refractivity contribution in [3.05, 3.63) is 54.6 Å². The summed E-state index contributed by atoms with van der Waals surface area (Å²) in [6, 6.07) is 18.7. The summed E-state index contributed by atoms with van der Waals surface area (Å²) in [6.45, 7) is 4.94. The molecule has 0 bridgehead atoms. The maximum atomic E-state index is 5.74. The Morgan fingerprint density at radius 1 is 0.810 bits per heavy atom. The molecule has 0 unspecified atom stereocenters. The van der Waals surface area contributed by atoms with Crippen LogP contribution in [0.25, 0.3) is 11.1 Å². The minimum atomic E-state index is 0.719. The molecule has 0 aliphatic heterocycles. The SMILES string of the molecule is CCCCCNCCOc1ccc(-c2ccccc2)cc1. The summed E-state index contributed by atoms with van der Waals surface area (Å²) >= 11 is 0. The second-order valence-corrected chi connectivity index (χ2v) is 5.20. The van der Waals surface area contributed by atoms with E-state index >= 15 is 0 Å². The van der Waals surface area contributed by atoms with Crippen LogP contribution in [0.2, 0.25) is 0 Å². The molecular formula is C19H25NO. The van der Waals surface area contributed by atoms with Gasteiger partial charge < -0.3 is 10.1 Å². The van der Waals surface area contributed by atoms with E-state index in [0.717, 1.165) is 25.4 Å². The van der Waals surface area contributed by atoms with Crippen molar-refractivity contribution in [2.45, 2.75) is 26.2 Å². The van der Waals surface area contributed by atoms with Crippen LogP contribution in [0, 0.1) is 0 Å². The molecule has 0 aromatic heterocycles. The topological polar surface area (TPSA) is 21.3 Å². The van der Waals surface area contributed by atoms with Gasteiger partial charge in [-0.3, -0.25) is 0 Å². The van der Waals surface area contributed by atoms with Gasteiger partial charge in [0.15, 0.2) is 0 Å². The number of rotatable bonds is 9. The van der Waals surface area contributed by atoms with Crippen molar-refractivity contribution in [3.63, 3.8) is 0 Å². The lowest BCUT2D eigenvalue weighted by molar-refractivity contribution is 0.313. The predicted molar refractivity (Wildman–Crippen MR) is 89.8 cm³/mol. The van der Waals surface area contributed by atoms with E-state index in [-0.39, 0.29) is 0 Å². The van der Waals surface area contributed by atoms with E-state index in [1.165, 1.54) is 30.4 Å². The lowest BCUT2D eigenvalue weighted by Gasteiger charge is -2.08. The zero-order chi connectivity index (χ0) is 14.8. The lowest BCUT2D eigenvalue weighted by atomic mass is 10.1. The molecule has 0 heterocycles. The summed E-state index contributed by atoms with van der Waals surface area (Å²) in [5.41, 5.74) is 2.46. The van der Waals surface area contributed by atoms with Crippen LogP contribution in [0.1, 0.15) is 26.2 Å². The molecule has 0 amide bonds. The third-order valence-corrected chi connectivity index (χ3v) is 3.47. The highest BCUT2D eigenvalue weighted by Gasteiger charge is 1.98. The summed E-state index contributed by atoms with van der Waals surface area (Å²) in [5.74, 6) is 0.935. The molecule has 0 saturated carbocycles. The Bertz CT molecular complexity index is 493. The summed E-state index contributed by atoms with van der Waals surface area (Å²) in [7, 11) is 0. The monoisotopic (exact) mass is 283 g/mol. The van der Waals surface area contributed by atoms with E-state index in [2.05, 4.69) is 48.6 Å². The van der Waals surface area contributed by atoms with Crippen molar-refractivity contribution in [1.29, 1.82) is 0 Å². The maximum absolute atomic E-state index is 5.74. The molecule has 0 aliphatic carbocycles. The van der Waals surface area contributed by atoms with Crippen molar-refractivity contribution in [3.8, 4) is 16.9 Å². The highest BCUT2D eigenvalue weighted by atomic mass is 16.5. The molecule has 112 valence electrons. The standard InChI is InChI=1S/C19H25NO/c1-2-3-7-14-20-15-16-21-19-12-10-18(11-13-19)17-8-5-4-6-9-17/h4-6,8-13,20H,2-3,7,14-16H2,1H3. The molecule has 0 fully saturated rings. The first kappa shape index (κ1) is 15.6. The van der Waals surface area contributed by atoms with Crippen molar-refractivity contribution >= 4 is 0 Å². The van der Waals surface area contributed by atoms with Crippen LogP contribution in [0.3, 0.4) is 0 Å². The second-order valence-electron chi connectivity index (χ2n) is 5.20. The Kier molecular flexibility index (Phi) is 6.82. The van der Waals surface area contributed by atoms with Crippen LogP contribution in [0.4, 0.5) is 0 Å². The third-order valence-electron chi connectivity index (χ3n) is 3.47. The first-order valence-corrected chi connectivity index (χ1v) is 7.89. The lowest BCUT2D eigenvalue weighted by Crippen LogP contribution is -2.22. The Morgan fingerprint density at radius 2 is 1.52 bits per heavy atom. The van der Waals surface area contributed by atoms with Crippen LogP contribution in [0.5, 0.6) is 5.75 Å². The molecule has 1 N–H and O–H groups in total. The molecule has 2 aromatic rings. The number of benzene rings is 2. The zero-order valence-corrected chi connectivity index (χ0v) is 12.8. The van der Waals surface area contributed by atoms with Gasteiger partial charge in [-0.25, -0.2) is 0 Å². The van der Waals surface area contributed by atoms with Gasteiger partial charge in [-0.05, 0) is 36.2 Å². The fourth-order valence-corrected chi connectivity index (χ4v) is 2.24. The fraction of sp³-hybridized carbons (Fsp3) is 0.368. The van der Waals surface area contributed by atoms with Crippen molar-refractivity contribution < 1.29 is 4.74 Å². The van der Waals surface area contributed by atoms with Crippen LogP contribution in [-0.4, -0.2) is 19.7 Å². The van der Waals surface area contributed by atoms with Gasteiger partial charge in [-0.2, -0.15) is 0 Å². The van der Waals surface area contributed by atoms with Crippen molar-refractivity contribution in [2.75, 3.05) is 19.7 Å². The molecule has 2 aromatic carbocycles. The zero-order valence-electron chi connectivity index (χ0n) is 12.8. The van der Waals surface area contributed by atoms with E-state index in [1.54, 1.807) is 0 Å². The summed E-state index contributed by atoms with van der Waals surface area (Å²) in [5, 5.41) is 3.40. The van der Waals surface area contributed by atoms with Crippen molar-refractivity contribution in [1.82, 2.24) is 5.32 Å². The van der Waals surface area contributed by atoms with E-state index in [9.17, 15) is 0 Å². The summed E-state index contributed by atoms with van der Waals surface area (Å²) in [6.07, 6.45) is 3.82. The number of nitrogens with one attached hydrogen (secondary N) is 1. The normalized spacial score (nSPS) is 10.5. The molecule has 0 aliphatic rings. The molecule has 0 saturated heterocycles.